The Morgan fingerprint density at radius 3 is 2.66 bits per heavy atom. The number of rotatable bonds is 8. The Morgan fingerprint density at radius 2 is 1.92 bits per heavy atom. The van der Waals surface area contributed by atoms with E-state index in [9.17, 15) is 14.0 Å². The molecule has 2 aromatic carbocycles. The normalized spacial score (nSPS) is 16.8. The number of fused-ring (bicyclic) bond motifs is 3. The maximum atomic E-state index is 13.6. The Morgan fingerprint density at radius 1 is 1.16 bits per heavy atom. The molecule has 2 amide bonds. The number of anilines is 2. The van der Waals surface area contributed by atoms with Crippen molar-refractivity contribution in [2.75, 3.05) is 43.9 Å². The van der Waals surface area contributed by atoms with Gasteiger partial charge in [-0.2, -0.15) is 0 Å². The summed E-state index contributed by atoms with van der Waals surface area (Å²) in [4.78, 5) is 33.4. The molecule has 2 N–H and O–H groups in total. The zero-order chi connectivity index (χ0) is 26.8. The van der Waals surface area contributed by atoms with Gasteiger partial charge in [-0.3, -0.25) is 14.6 Å². The molecule has 198 valence electrons. The number of likely N-dealkylation sites (N-methyl/N-ethyl adjacent to an activating group) is 1. The van der Waals surface area contributed by atoms with E-state index in [2.05, 4.69) is 15.6 Å². The summed E-state index contributed by atoms with van der Waals surface area (Å²) in [6.07, 6.45) is 1.50. The zero-order valence-electron chi connectivity index (χ0n) is 21.8. The molecule has 2 atom stereocenters. The lowest BCUT2D eigenvalue weighted by atomic mass is 10.0. The van der Waals surface area contributed by atoms with Gasteiger partial charge in [-0.15, -0.1) is 0 Å². The predicted octanol–water partition coefficient (Wildman–Crippen LogP) is 4.91. The highest BCUT2D eigenvalue weighted by Gasteiger charge is 2.27. The Bertz CT molecular complexity index is 1480. The van der Waals surface area contributed by atoms with E-state index in [4.69, 9.17) is 4.42 Å². The van der Waals surface area contributed by atoms with Crippen LogP contribution in [0.15, 0.2) is 59.1 Å². The lowest BCUT2D eigenvalue weighted by molar-refractivity contribution is -0.119. The van der Waals surface area contributed by atoms with Crippen molar-refractivity contribution in [2.24, 2.45) is 0 Å². The molecule has 1 aliphatic heterocycles. The summed E-state index contributed by atoms with van der Waals surface area (Å²) in [6, 6.07) is 14.7. The van der Waals surface area contributed by atoms with Crippen LogP contribution in [0.5, 0.6) is 0 Å². The summed E-state index contributed by atoms with van der Waals surface area (Å²) in [7, 11) is 3.92. The van der Waals surface area contributed by atoms with E-state index in [0.717, 1.165) is 35.1 Å². The lowest BCUT2D eigenvalue weighted by Gasteiger charge is -2.32. The van der Waals surface area contributed by atoms with Crippen molar-refractivity contribution in [2.45, 2.75) is 32.0 Å². The van der Waals surface area contributed by atoms with Crippen LogP contribution < -0.4 is 15.5 Å². The number of aromatic nitrogens is 1. The third-order valence-corrected chi connectivity index (χ3v) is 6.86. The standard InChI is InChI=1S/C29H32FN5O3/c1-18(30)25-15-20(8-10-31-25)33-21-9-12-35(28(36)16-21)22-5-7-24-23-6-4-19(14-26(23)38-27(24)17-22)29(37)32-11-13-34(2)3/h4-8,10,14-15,17-18,21H,9,11-13,16H2,1-3H3,(H,31,33)(H,32,37)/t18?,21-/m0/s1. The molecule has 4 aromatic rings. The number of carbonyl (C=O) groups excluding carboxylic acids is 2. The summed E-state index contributed by atoms with van der Waals surface area (Å²) in [5.74, 6) is -0.131. The Labute approximate surface area is 220 Å². The van der Waals surface area contributed by atoms with E-state index in [1.165, 1.54) is 6.92 Å². The van der Waals surface area contributed by atoms with Gasteiger partial charge in [0.25, 0.3) is 5.91 Å². The summed E-state index contributed by atoms with van der Waals surface area (Å²) < 4.78 is 19.7. The van der Waals surface area contributed by atoms with Crippen molar-refractivity contribution in [3.8, 4) is 0 Å². The fourth-order valence-electron chi connectivity index (χ4n) is 4.79. The molecule has 8 nitrogen and oxygen atoms in total. The van der Waals surface area contributed by atoms with Crippen molar-refractivity contribution in [3.63, 3.8) is 0 Å². The average Bonchev–Trinajstić information content (AvgIpc) is 3.25. The van der Waals surface area contributed by atoms with E-state index in [1.54, 1.807) is 35.4 Å². The smallest absolute Gasteiger partial charge is 0.251 e. The van der Waals surface area contributed by atoms with Crippen LogP contribution in [0.3, 0.4) is 0 Å². The molecule has 1 saturated heterocycles. The molecular weight excluding hydrogens is 485 g/mol. The van der Waals surface area contributed by atoms with Crippen molar-refractivity contribution >= 4 is 45.1 Å². The molecule has 5 rings (SSSR count). The van der Waals surface area contributed by atoms with E-state index in [1.807, 2.05) is 43.3 Å². The van der Waals surface area contributed by atoms with Crippen LogP contribution in [0.4, 0.5) is 15.8 Å². The van der Waals surface area contributed by atoms with E-state index in [0.29, 0.717) is 41.9 Å². The fourth-order valence-corrected chi connectivity index (χ4v) is 4.79. The molecule has 0 aliphatic carbocycles. The van der Waals surface area contributed by atoms with Gasteiger partial charge in [0.1, 0.15) is 17.3 Å². The second-order valence-electron chi connectivity index (χ2n) is 10.0. The molecule has 1 unspecified atom stereocenters. The number of carbonyl (C=O) groups is 2. The highest BCUT2D eigenvalue weighted by molar-refractivity contribution is 6.09. The first-order chi connectivity index (χ1) is 18.3. The monoisotopic (exact) mass is 517 g/mol. The van der Waals surface area contributed by atoms with Gasteiger partial charge in [0.2, 0.25) is 5.91 Å². The number of halogens is 1. The summed E-state index contributed by atoms with van der Waals surface area (Å²) in [5, 5.41) is 8.13. The van der Waals surface area contributed by atoms with Crippen LogP contribution in [0.2, 0.25) is 0 Å². The maximum absolute atomic E-state index is 13.6. The quantitative estimate of drug-likeness (QED) is 0.345. The molecule has 1 aliphatic rings. The molecule has 1 fully saturated rings. The number of pyridine rings is 1. The minimum atomic E-state index is -1.15. The van der Waals surface area contributed by atoms with E-state index < -0.39 is 6.17 Å². The van der Waals surface area contributed by atoms with Gasteiger partial charge in [-0.05, 0) is 69.9 Å². The number of benzene rings is 2. The molecular formula is C29H32FN5O3. The van der Waals surface area contributed by atoms with Gasteiger partial charge in [0.15, 0.2) is 0 Å². The van der Waals surface area contributed by atoms with Crippen molar-refractivity contribution in [1.29, 1.82) is 0 Å². The molecule has 0 bridgehead atoms. The van der Waals surface area contributed by atoms with Gasteiger partial charge in [-0.1, -0.05) is 0 Å². The van der Waals surface area contributed by atoms with Crippen LogP contribution >= 0.6 is 0 Å². The van der Waals surface area contributed by atoms with Gasteiger partial charge in [-0.25, -0.2) is 4.39 Å². The Hall–Kier alpha value is -3.98. The van der Waals surface area contributed by atoms with Gasteiger partial charge >= 0.3 is 0 Å². The molecule has 0 spiro atoms. The zero-order valence-corrected chi connectivity index (χ0v) is 21.8. The first-order valence-electron chi connectivity index (χ1n) is 12.8. The number of alkyl halides is 1. The van der Waals surface area contributed by atoms with E-state index >= 15 is 0 Å². The molecule has 9 heteroatoms. The Balaban J connectivity index is 1.29. The van der Waals surface area contributed by atoms with Crippen molar-refractivity contribution in [1.82, 2.24) is 15.2 Å². The van der Waals surface area contributed by atoms with Crippen LogP contribution in [0.1, 0.15) is 42.0 Å². The summed E-state index contributed by atoms with van der Waals surface area (Å²) in [5.41, 5.74) is 3.75. The largest absolute Gasteiger partial charge is 0.456 e. The highest BCUT2D eigenvalue weighted by Crippen LogP contribution is 2.33. The lowest BCUT2D eigenvalue weighted by Crippen LogP contribution is -2.43. The van der Waals surface area contributed by atoms with Crippen molar-refractivity contribution in [3.05, 3.63) is 66.0 Å². The molecule has 2 aromatic heterocycles. The minimum Gasteiger partial charge on any atom is -0.456 e. The number of hydrogen-bond acceptors (Lipinski definition) is 6. The molecule has 3 heterocycles. The number of furan rings is 1. The number of piperidine rings is 1. The second kappa shape index (κ2) is 10.8. The highest BCUT2D eigenvalue weighted by atomic mass is 19.1. The van der Waals surface area contributed by atoms with Crippen LogP contribution in [0.25, 0.3) is 21.9 Å². The average molecular weight is 518 g/mol. The number of hydrogen-bond donors (Lipinski definition) is 2. The minimum absolute atomic E-state index is 0.00836. The molecule has 38 heavy (non-hydrogen) atoms. The number of amides is 2. The maximum Gasteiger partial charge on any atom is 0.251 e. The Kier molecular flexibility index (Phi) is 7.28. The van der Waals surface area contributed by atoms with Gasteiger partial charge < -0.3 is 24.9 Å². The SMILES string of the molecule is CC(F)c1cc(N[C@H]2CCN(c3ccc4c(c3)oc3cc(C(=O)NCCN(C)C)ccc34)C(=O)C2)ccn1. The third-order valence-electron chi connectivity index (χ3n) is 6.86. The fraction of sp³-hybridized carbons (Fsp3) is 0.345. The van der Waals surface area contributed by atoms with Crippen molar-refractivity contribution < 1.29 is 18.4 Å². The first kappa shape index (κ1) is 25.7. The molecule has 0 saturated carbocycles. The molecule has 0 radical (unpaired) electrons. The predicted molar refractivity (Wildman–Crippen MR) is 147 cm³/mol. The van der Waals surface area contributed by atoms with Gasteiger partial charge in [0, 0.05) is 72.1 Å². The number of nitrogens with zero attached hydrogens (tertiary/aromatic N) is 3. The summed E-state index contributed by atoms with van der Waals surface area (Å²) in [6.45, 7) is 3.33. The van der Waals surface area contributed by atoms with Crippen LogP contribution in [-0.2, 0) is 4.79 Å². The third kappa shape index (κ3) is 5.47. The summed E-state index contributed by atoms with van der Waals surface area (Å²) >= 11 is 0. The second-order valence-corrected chi connectivity index (χ2v) is 10.0. The van der Waals surface area contributed by atoms with Gasteiger partial charge in [0.05, 0.1) is 5.69 Å². The first-order valence-corrected chi connectivity index (χ1v) is 12.8. The van der Waals surface area contributed by atoms with Crippen LogP contribution in [-0.4, -0.2) is 61.5 Å². The number of nitrogens with one attached hydrogen (secondary N) is 2. The topological polar surface area (TPSA) is 90.7 Å². The van der Waals surface area contributed by atoms with E-state index in [-0.39, 0.29) is 17.9 Å². The van der Waals surface area contributed by atoms with Crippen LogP contribution in [0, 0.1) is 0 Å².